The van der Waals surface area contributed by atoms with Gasteiger partial charge < -0.3 is 5.32 Å². The van der Waals surface area contributed by atoms with Crippen molar-refractivity contribution in [2.75, 3.05) is 5.32 Å². The Balaban J connectivity index is 1.75. The van der Waals surface area contributed by atoms with E-state index in [4.69, 9.17) is 0 Å². The van der Waals surface area contributed by atoms with Crippen molar-refractivity contribution >= 4 is 11.6 Å². The van der Waals surface area contributed by atoms with Crippen molar-refractivity contribution in [3.05, 3.63) is 96.6 Å². The van der Waals surface area contributed by atoms with Gasteiger partial charge in [-0.3, -0.25) is 4.79 Å². The molecular weight excluding hydrogens is 393 g/mol. The molecule has 1 amide bonds. The Labute approximate surface area is 169 Å². The number of rotatable bonds is 4. The third-order valence-electron chi connectivity index (χ3n) is 4.49. The molecule has 0 saturated heterocycles. The zero-order chi connectivity index (χ0) is 21.1. The molecule has 4 rings (SSSR count). The lowest BCUT2D eigenvalue weighted by Crippen LogP contribution is -2.16. The number of halogens is 3. The molecule has 0 radical (unpaired) electrons. The van der Waals surface area contributed by atoms with Crippen LogP contribution in [0.5, 0.6) is 0 Å². The third-order valence-corrected chi connectivity index (χ3v) is 4.49. The fourth-order valence-electron chi connectivity index (χ4n) is 3.09. The van der Waals surface area contributed by atoms with E-state index in [1.54, 1.807) is 24.3 Å². The number of anilines is 1. The molecule has 0 aliphatic heterocycles. The van der Waals surface area contributed by atoms with Crippen molar-refractivity contribution in [2.24, 2.45) is 0 Å². The predicted molar refractivity (Wildman–Crippen MR) is 106 cm³/mol. The van der Waals surface area contributed by atoms with Gasteiger partial charge in [0.2, 0.25) is 0 Å². The van der Waals surface area contributed by atoms with E-state index in [1.165, 1.54) is 23.4 Å². The summed E-state index contributed by atoms with van der Waals surface area (Å²) in [6.07, 6.45) is -1.95. The zero-order valence-corrected chi connectivity index (χ0v) is 15.5. The van der Waals surface area contributed by atoms with Gasteiger partial charge in [-0.2, -0.15) is 18.3 Å². The fraction of sp³-hybridized carbons (Fsp3) is 0.0455. The molecule has 0 aliphatic carbocycles. The molecule has 0 bridgehead atoms. The molecule has 0 saturated carbocycles. The molecule has 1 heterocycles. The minimum atomic E-state index is -4.55. The van der Waals surface area contributed by atoms with E-state index < -0.39 is 17.6 Å². The molecule has 8 heteroatoms. The number of hydrogen-bond donors (Lipinski definition) is 1. The van der Waals surface area contributed by atoms with E-state index in [9.17, 15) is 18.0 Å². The molecule has 1 N–H and O–H groups in total. The fourth-order valence-corrected chi connectivity index (χ4v) is 3.09. The van der Waals surface area contributed by atoms with Crippen LogP contribution >= 0.6 is 0 Å². The number of hydrogen-bond acceptors (Lipinski definition) is 3. The summed E-state index contributed by atoms with van der Waals surface area (Å²) in [6, 6.07) is 19.2. The summed E-state index contributed by atoms with van der Waals surface area (Å²) in [5.41, 5.74) is 1.20. The first-order chi connectivity index (χ1) is 14.4. The van der Waals surface area contributed by atoms with Crippen LogP contribution < -0.4 is 5.32 Å². The molecule has 0 aliphatic rings. The van der Waals surface area contributed by atoms with Gasteiger partial charge in [0, 0.05) is 5.56 Å². The minimum absolute atomic E-state index is 0.0248. The second kappa shape index (κ2) is 7.82. The smallest absolute Gasteiger partial charge is 0.320 e. The van der Waals surface area contributed by atoms with Crippen molar-refractivity contribution in [1.29, 1.82) is 0 Å². The minimum Gasteiger partial charge on any atom is -0.320 e. The van der Waals surface area contributed by atoms with Crippen LogP contribution in [0.2, 0.25) is 0 Å². The average molecular weight is 408 g/mol. The van der Waals surface area contributed by atoms with Crippen LogP contribution in [-0.4, -0.2) is 20.7 Å². The van der Waals surface area contributed by atoms with E-state index >= 15 is 0 Å². The molecule has 0 unspecified atom stereocenters. The molecule has 0 fully saturated rings. The standard InChI is InChI=1S/C22H15F3N4O/c23-22(24,25)16-10-11-20(29-14-26-13-27-29)19(12-16)28-21(30)18-9-5-4-8-17(18)15-6-2-1-3-7-15/h1-14H,(H,28,30). The molecular formula is C22H15F3N4O. The lowest BCUT2D eigenvalue weighted by molar-refractivity contribution is -0.137. The molecule has 150 valence electrons. The summed E-state index contributed by atoms with van der Waals surface area (Å²) in [4.78, 5) is 16.9. The first-order valence-corrected chi connectivity index (χ1v) is 8.95. The van der Waals surface area contributed by atoms with Crippen molar-refractivity contribution in [2.45, 2.75) is 6.18 Å². The highest BCUT2D eigenvalue weighted by Gasteiger charge is 2.31. The molecule has 4 aromatic rings. The van der Waals surface area contributed by atoms with Crippen LogP contribution in [0.25, 0.3) is 16.8 Å². The van der Waals surface area contributed by atoms with E-state index in [2.05, 4.69) is 15.4 Å². The van der Waals surface area contributed by atoms with Crippen LogP contribution in [0.1, 0.15) is 15.9 Å². The van der Waals surface area contributed by atoms with Crippen LogP contribution in [0, 0.1) is 0 Å². The van der Waals surface area contributed by atoms with Crippen LogP contribution in [0.3, 0.4) is 0 Å². The quantitative estimate of drug-likeness (QED) is 0.505. The second-order valence-corrected chi connectivity index (χ2v) is 6.44. The average Bonchev–Trinajstić information content (AvgIpc) is 3.28. The monoisotopic (exact) mass is 408 g/mol. The van der Waals surface area contributed by atoms with Gasteiger partial charge in [-0.1, -0.05) is 48.5 Å². The topological polar surface area (TPSA) is 59.8 Å². The Hall–Kier alpha value is -3.94. The van der Waals surface area contributed by atoms with Crippen LogP contribution in [0.15, 0.2) is 85.5 Å². The van der Waals surface area contributed by atoms with E-state index in [0.717, 1.165) is 17.7 Å². The number of aromatic nitrogens is 3. The highest BCUT2D eigenvalue weighted by atomic mass is 19.4. The van der Waals surface area contributed by atoms with Crippen LogP contribution in [-0.2, 0) is 6.18 Å². The Morgan fingerprint density at radius 3 is 2.37 bits per heavy atom. The van der Waals surface area contributed by atoms with Crippen molar-refractivity contribution in [3.63, 3.8) is 0 Å². The lowest BCUT2D eigenvalue weighted by atomic mass is 9.99. The number of nitrogens with one attached hydrogen (secondary N) is 1. The largest absolute Gasteiger partial charge is 0.416 e. The second-order valence-electron chi connectivity index (χ2n) is 6.44. The normalized spacial score (nSPS) is 11.3. The van der Waals surface area contributed by atoms with Crippen molar-refractivity contribution < 1.29 is 18.0 Å². The van der Waals surface area contributed by atoms with E-state index in [1.807, 2.05) is 30.3 Å². The number of nitrogens with zero attached hydrogens (tertiary/aromatic N) is 3. The maximum atomic E-state index is 13.2. The Morgan fingerprint density at radius 2 is 1.67 bits per heavy atom. The lowest BCUT2D eigenvalue weighted by Gasteiger charge is -2.15. The summed E-state index contributed by atoms with van der Waals surface area (Å²) < 4.78 is 41.0. The number of benzene rings is 3. The molecule has 1 aromatic heterocycles. The molecule has 0 spiro atoms. The predicted octanol–water partition coefficient (Wildman–Crippen LogP) is 5.21. The summed E-state index contributed by atoms with van der Waals surface area (Å²) in [6.45, 7) is 0. The van der Waals surface area contributed by atoms with Gasteiger partial charge in [0.15, 0.2) is 0 Å². The van der Waals surface area contributed by atoms with Gasteiger partial charge in [0.1, 0.15) is 12.7 Å². The summed E-state index contributed by atoms with van der Waals surface area (Å²) in [5.74, 6) is -0.532. The Bertz CT molecular complexity index is 1170. The van der Waals surface area contributed by atoms with Crippen molar-refractivity contribution in [1.82, 2.24) is 14.8 Å². The number of carbonyl (C=O) groups is 1. The van der Waals surface area contributed by atoms with Gasteiger partial charge in [0.25, 0.3) is 5.91 Å². The third kappa shape index (κ3) is 3.93. The van der Waals surface area contributed by atoms with E-state index in [-0.39, 0.29) is 11.4 Å². The Kier molecular flexibility index (Phi) is 5.05. The first kappa shape index (κ1) is 19.4. The zero-order valence-electron chi connectivity index (χ0n) is 15.5. The van der Waals surface area contributed by atoms with Gasteiger partial charge >= 0.3 is 6.18 Å². The van der Waals surface area contributed by atoms with Gasteiger partial charge in [-0.15, -0.1) is 0 Å². The SMILES string of the molecule is O=C(Nc1cc(C(F)(F)F)ccc1-n1cncn1)c1ccccc1-c1ccccc1. The maximum absolute atomic E-state index is 13.2. The summed E-state index contributed by atoms with van der Waals surface area (Å²) >= 11 is 0. The molecule has 0 atom stereocenters. The molecule has 5 nitrogen and oxygen atoms in total. The number of amides is 1. The molecule has 3 aromatic carbocycles. The highest BCUT2D eigenvalue weighted by molar-refractivity contribution is 6.09. The maximum Gasteiger partial charge on any atom is 0.416 e. The summed E-state index contributed by atoms with van der Waals surface area (Å²) in [7, 11) is 0. The summed E-state index contributed by atoms with van der Waals surface area (Å²) in [5, 5.41) is 6.57. The van der Waals surface area contributed by atoms with E-state index in [0.29, 0.717) is 11.1 Å². The first-order valence-electron chi connectivity index (χ1n) is 8.95. The Morgan fingerprint density at radius 1 is 0.933 bits per heavy atom. The number of alkyl halides is 3. The van der Waals surface area contributed by atoms with Crippen LogP contribution in [0.4, 0.5) is 18.9 Å². The highest BCUT2D eigenvalue weighted by Crippen LogP contribution is 2.34. The van der Waals surface area contributed by atoms with Gasteiger partial charge in [-0.25, -0.2) is 9.67 Å². The van der Waals surface area contributed by atoms with Gasteiger partial charge in [-0.05, 0) is 35.4 Å². The number of carbonyl (C=O) groups excluding carboxylic acids is 1. The van der Waals surface area contributed by atoms with Gasteiger partial charge in [0.05, 0.1) is 16.9 Å². The van der Waals surface area contributed by atoms with Crippen molar-refractivity contribution in [3.8, 4) is 16.8 Å². The molecule has 30 heavy (non-hydrogen) atoms.